The van der Waals surface area contributed by atoms with Crippen molar-refractivity contribution in [3.05, 3.63) is 52.4 Å². The summed E-state index contributed by atoms with van der Waals surface area (Å²) in [6, 6.07) is 9.12. The summed E-state index contributed by atoms with van der Waals surface area (Å²) in [5.41, 5.74) is 1.60. The molecule has 0 spiro atoms. The van der Waals surface area contributed by atoms with Crippen LogP contribution < -0.4 is 0 Å². The fraction of sp³-hybridized carbons (Fsp3) is 0.286. The highest BCUT2D eigenvalue weighted by Crippen LogP contribution is 2.18. The van der Waals surface area contributed by atoms with Gasteiger partial charge in [0.05, 0.1) is 5.69 Å². The molecule has 19 heavy (non-hydrogen) atoms. The molecule has 4 nitrogen and oxygen atoms in total. The van der Waals surface area contributed by atoms with Gasteiger partial charge in [0.15, 0.2) is 0 Å². The SMILES string of the molecule is CCN(Cc1ccccc1Cl)C(=O)c1cc(C)no1. The summed E-state index contributed by atoms with van der Waals surface area (Å²) in [5.74, 6) is 0.0782. The zero-order valence-corrected chi connectivity index (χ0v) is 11.6. The molecule has 0 atom stereocenters. The number of carbonyl (C=O) groups is 1. The normalized spacial score (nSPS) is 10.5. The molecule has 0 radical (unpaired) electrons. The van der Waals surface area contributed by atoms with Crippen molar-refractivity contribution in [2.45, 2.75) is 20.4 Å². The van der Waals surface area contributed by atoms with Gasteiger partial charge >= 0.3 is 0 Å². The number of nitrogens with zero attached hydrogens (tertiary/aromatic N) is 2. The molecule has 1 aromatic heterocycles. The van der Waals surface area contributed by atoms with E-state index in [4.69, 9.17) is 16.1 Å². The molecule has 2 aromatic rings. The second-order valence-corrected chi connectivity index (χ2v) is 4.65. The predicted molar refractivity (Wildman–Crippen MR) is 73.1 cm³/mol. The summed E-state index contributed by atoms with van der Waals surface area (Å²) in [6.45, 7) is 4.72. The fourth-order valence-corrected chi connectivity index (χ4v) is 1.98. The summed E-state index contributed by atoms with van der Waals surface area (Å²) in [6.07, 6.45) is 0. The van der Waals surface area contributed by atoms with E-state index in [1.807, 2.05) is 31.2 Å². The van der Waals surface area contributed by atoms with E-state index >= 15 is 0 Å². The first-order chi connectivity index (χ1) is 9.11. The van der Waals surface area contributed by atoms with Crippen LogP contribution in [0.2, 0.25) is 5.02 Å². The highest BCUT2D eigenvalue weighted by molar-refractivity contribution is 6.31. The van der Waals surface area contributed by atoms with Crippen LogP contribution in [0.3, 0.4) is 0 Å². The van der Waals surface area contributed by atoms with E-state index in [1.54, 1.807) is 17.9 Å². The monoisotopic (exact) mass is 278 g/mol. The molecule has 0 aliphatic carbocycles. The maximum Gasteiger partial charge on any atom is 0.292 e. The third kappa shape index (κ3) is 3.15. The molecular weight excluding hydrogens is 264 g/mol. The Hall–Kier alpha value is -1.81. The average molecular weight is 279 g/mol. The molecule has 0 saturated heterocycles. The Bertz CT molecular complexity index is 580. The summed E-state index contributed by atoms with van der Waals surface area (Å²) in [5, 5.41) is 4.39. The molecule has 0 saturated carbocycles. The van der Waals surface area contributed by atoms with Gasteiger partial charge < -0.3 is 9.42 Å². The molecule has 0 unspecified atom stereocenters. The van der Waals surface area contributed by atoms with Gasteiger partial charge in [-0.15, -0.1) is 0 Å². The van der Waals surface area contributed by atoms with Gasteiger partial charge in [0, 0.05) is 24.2 Å². The number of benzene rings is 1. The lowest BCUT2D eigenvalue weighted by Crippen LogP contribution is -2.30. The Morgan fingerprint density at radius 3 is 2.74 bits per heavy atom. The lowest BCUT2D eigenvalue weighted by Gasteiger charge is -2.20. The standard InChI is InChI=1S/C14H15ClN2O2/c1-3-17(9-11-6-4-5-7-12(11)15)14(18)13-8-10(2)16-19-13/h4-8H,3,9H2,1-2H3. The van der Waals surface area contributed by atoms with E-state index in [9.17, 15) is 4.79 Å². The smallest absolute Gasteiger partial charge is 0.292 e. The minimum atomic E-state index is -0.178. The number of aryl methyl sites for hydroxylation is 1. The van der Waals surface area contributed by atoms with Gasteiger partial charge in [-0.2, -0.15) is 0 Å². The molecule has 2 rings (SSSR count). The van der Waals surface area contributed by atoms with Crippen LogP contribution in [0.25, 0.3) is 0 Å². The quantitative estimate of drug-likeness (QED) is 0.862. The number of hydrogen-bond donors (Lipinski definition) is 0. The predicted octanol–water partition coefficient (Wildman–Crippen LogP) is 3.30. The molecule has 1 heterocycles. The topological polar surface area (TPSA) is 46.3 Å². The van der Waals surface area contributed by atoms with E-state index in [1.165, 1.54) is 0 Å². The van der Waals surface area contributed by atoms with Gasteiger partial charge in [-0.3, -0.25) is 4.79 Å². The molecule has 0 aliphatic rings. The van der Waals surface area contributed by atoms with Crippen molar-refractivity contribution in [2.24, 2.45) is 0 Å². The molecular formula is C14H15ClN2O2. The van der Waals surface area contributed by atoms with Gasteiger partial charge in [0.2, 0.25) is 5.76 Å². The Labute approximate surface area is 117 Å². The van der Waals surface area contributed by atoms with Crippen molar-refractivity contribution < 1.29 is 9.32 Å². The van der Waals surface area contributed by atoms with Crippen LogP contribution in [0, 0.1) is 6.92 Å². The molecule has 5 heteroatoms. The number of halogens is 1. The van der Waals surface area contributed by atoms with E-state index < -0.39 is 0 Å². The second-order valence-electron chi connectivity index (χ2n) is 4.24. The molecule has 0 aliphatic heterocycles. The van der Waals surface area contributed by atoms with Crippen molar-refractivity contribution in [1.82, 2.24) is 10.1 Å². The molecule has 1 amide bonds. The number of aromatic nitrogens is 1. The van der Waals surface area contributed by atoms with Gasteiger partial charge in [-0.1, -0.05) is 35.0 Å². The van der Waals surface area contributed by atoms with Crippen molar-refractivity contribution in [3.8, 4) is 0 Å². The van der Waals surface area contributed by atoms with E-state index in [-0.39, 0.29) is 11.7 Å². The second kappa shape index (κ2) is 5.89. The summed E-state index contributed by atoms with van der Waals surface area (Å²) < 4.78 is 5.00. The molecule has 1 aromatic carbocycles. The molecule has 0 bridgehead atoms. The van der Waals surface area contributed by atoms with Crippen molar-refractivity contribution in [2.75, 3.05) is 6.54 Å². The zero-order chi connectivity index (χ0) is 13.8. The van der Waals surface area contributed by atoms with Crippen LogP contribution >= 0.6 is 11.6 Å². The molecule has 0 N–H and O–H groups in total. The van der Waals surface area contributed by atoms with Crippen LogP contribution in [0.1, 0.15) is 28.7 Å². The van der Waals surface area contributed by atoms with Crippen molar-refractivity contribution in [1.29, 1.82) is 0 Å². The Morgan fingerprint density at radius 1 is 1.42 bits per heavy atom. The van der Waals surface area contributed by atoms with E-state index in [2.05, 4.69) is 5.16 Å². The third-order valence-electron chi connectivity index (χ3n) is 2.83. The number of rotatable bonds is 4. The lowest BCUT2D eigenvalue weighted by molar-refractivity contribution is 0.0710. The first-order valence-corrected chi connectivity index (χ1v) is 6.45. The Kier molecular flexibility index (Phi) is 4.22. The maximum atomic E-state index is 12.3. The third-order valence-corrected chi connectivity index (χ3v) is 3.20. The first kappa shape index (κ1) is 13.6. The minimum absolute atomic E-state index is 0.178. The van der Waals surface area contributed by atoms with Crippen LogP contribution in [0.4, 0.5) is 0 Å². The Balaban J connectivity index is 2.17. The highest BCUT2D eigenvalue weighted by Gasteiger charge is 2.19. The molecule has 100 valence electrons. The van der Waals surface area contributed by atoms with Gasteiger partial charge in [0.25, 0.3) is 5.91 Å². The van der Waals surface area contributed by atoms with Crippen LogP contribution in [-0.2, 0) is 6.54 Å². The van der Waals surface area contributed by atoms with E-state index in [0.29, 0.717) is 23.8 Å². The molecule has 0 fully saturated rings. The van der Waals surface area contributed by atoms with E-state index in [0.717, 1.165) is 5.56 Å². The number of carbonyl (C=O) groups excluding carboxylic acids is 1. The van der Waals surface area contributed by atoms with Gasteiger partial charge in [-0.05, 0) is 25.5 Å². The summed E-state index contributed by atoms with van der Waals surface area (Å²) in [7, 11) is 0. The zero-order valence-electron chi connectivity index (χ0n) is 10.9. The maximum absolute atomic E-state index is 12.3. The minimum Gasteiger partial charge on any atom is -0.351 e. The highest BCUT2D eigenvalue weighted by atomic mass is 35.5. The first-order valence-electron chi connectivity index (χ1n) is 6.07. The number of hydrogen-bond acceptors (Lipinski definition) is 3. The van der Waals surface area contributed by atoms with Gasteiger partial charge in [0.1, 0.15) is 0 Å². The Morgan fingerprint density at radius 2 is 2.16 bits per heavy atom. The van der Waals surface area contributed by atoms with Crippen LogP contribution in [0.5, 0.6) is 0 Å². The number of amides is 1. The van der Waals surface area contributed by atoms with Crippen molar-refractivity contribution >= 4 is 17.5 Å². The van der Waals surface area contributed by atoms with Crippen LogP contribution in [0.15, 0.2) is 34.9 Å². The largest absolute Gasteiger partial charge is 0.351 e. The average Bonchev–Trinajstić information content (AvgIpc) is 2.84. The lowest BCUT2D eigenvalue weighted by atomic mass is 10.2. The van der Waals surface area contributed by atoms with Crippen LogP contribution in [-0.4, -0.2) is 22.5 Å². The van der Waals surface area contributed by atoms with Gasteiger partial charge in [-0.25, -0.2) is 0 Å². The fourth-order valence-electron chi connectivity index (χ4n) is 1.78. The summed E-state index contributed by atoms with van der Waals surface area (Å²) >= 11 is 6.11. The van der Waals surface area contributed by atoms with Crippen molar-refractivity contribution in [3.63, 3.8) is 0 Å². The summed E-state index contributed by atoms with van der Waals surface area (Å²) in [4.78, 5) is 13.9.